The van der Waals surface area contributed by atoms with Crippen LogP contribution in [0.3, 0.4) is 0 Å². The molecule has 2 N–H and O–H groups in total. The largest absolute Gasteiger partial charge is 0.415 e. The first kappa shape index (κ1) is 9.13. The Labute approximate surface area is 69.2 Å². The highest BCUT2D eigenvalue weighted by molar-refractivity contribution is 7.80. The summed E-state index contributed by atoms with van der Waals surface area (Å²) in [7, 11) is -4.46. The quantitative estimate of drug-likeness (QED) is 0.445. The summed E-state index contributed by atoms with van der Waals surface area (Å²) in [5, 5.41) is 1.23. The van der Waals surface area contributed by atoms with Gasteiger partial charge in [-0.1, -0.05) is 5.59 Å². The van der Waals surface area contributed by atoms with E-state index in [1.54, 1.807) is 12.3 Å². The van der Waals surface area contributed by atoms with Crippen LogP contribution >= 0.6 is 0 Å². The lowest BCUT2D eigenvalue weighted by atomic mass is 10.5. The van der Waals surface area contributed by atoms with Gasteiger partial charge < -0.3 is 0 Å². The average Bonchev–Trinajstić information content (AvgIpc) is 2.02. The second-order valence-corrected chi connectivity index (χ2v) is 2.93. The SMILES string of the molecule is O=S(=O)(O)ONN1C=NC=CC1. The molecule has 0 spiro atoms. The second kappa shape index (κ2) is 3.63. The topological polar surface area (TPSA) is 91.2 Å². The molecule has 0 saturated heterocycles. The normalized spacial score (nSPS) is 16.9. The van der Waals surface area contributed by atoms with E-state index in [-0.39, 0.29) is 0 Å². The Morgan fingerprint density at radius 1 is 1.67 bits per heavy atom. The molecule has 0 aromatic heterocycles. The van der Waals surface area contributed by atoms with Crippen molar-refractivity contribution in [1.82, 2.24) is 10.6 Å². The molecule has 0 unspecified atom stereocenters. The summed E-state index contributed by atoms with van der Waals surface area (Å²) in [6.45, 7) is 0.402. The van der Waals surface area contributed by atoms with E-state index >= 15 is 0 Å². The van der Waals surface area contributed by atoms with Crippen LogP contribution in [-0.4, -0.2) is 30.9 Å². The molecule has 0 amide bonds. The lowest BCUT2D eigenvalue weighted by Crippen LogP contribution is -2.39. The van der Waals surface area contributed by atoms with Crippen molar-refractivity contribution in [3.8, 4) is 0 Å². The minimum atomic E-state index is -4.46. The van der Waals surface area contributed by atoms with Crippen LogP contribution in [0.2, 0.25) is 0 Å². The molecule has 0 atom stereocenters. The molecule has 68 valence electrons. The summed E-state index contributed by atoms with van der Waals surface area (Å²) in [4.78, 5) is 3.66. The number of hydrogen-bond acceptors (Lipinski definition) is 6. The van der Waals surface area contributed by atoms with Crippen molar-refractivity contribution in [3.05, 3.63) is 12.3 Å². The van der Waals surface area contributed by atoms with Gasteiger partial charge in [-0.25, -0.2) is 4.99 Å². The van der Waals surface area contributed by atoms with E-state index in [4.69, 9.17) is 4.55 Å². The van der Waals surface area contributed by atoms with E-state index in [2.05, 4.69) is 9.28 Å². The summed E-state index contributed by atoms with van der Waals surface area (Å²) in [6, 6.07) is 0. The van der Waals surface area contributed by atoms with Crippen LogP contribution < -0.4 is 5.59 Å². The number of aliphatic imine (C=N–C) groups is 1. The van der Waals surface area contributed by atoms with Crippen LogP contribution in [0.1, 0.15) is 0 Å². The maximum absolute atomic E-state index is 10.1. The van der Waals surface area contributed by atoms with Gasteiger partial charge in [0.15, 0.2) is 0 Å². The van der Waals surface area contributed by atoms with Gasteiger partial charge in [-0.2, -0.15) is 8.42 Å². The second-order valence-electron chi connectivity index (χ2n) is 1.90. The van der Waals surface area contributed by atoms with E-state index in [0.29, 0.717) is 6.54 Å². The summed E-state index contributed by atoms with van der Waals surface area (Å²) < 4.78 is 32.1. The minimum absolute atomic E-state index is 0.402. The highest BCUT2D eigenvalue weighted by Crippen LogP contribution is 1.90. The summed E-state index contributed by atoms with van der Waals surface area (Å²) in [5.41, 5.74) is 1.96. The Kier molecular flexibility index (Phi) is 2.76. The molecule has 1 aliphatic rings. The van der Waals surface area contributed by atoms with Crippen LogP contribution in [0.25, 0.3) is 0 Å². The van der Waals surface area contributed by atoms with Gasteiger partial charge in [0.25, 0.3) is 0 Å². The van der Waals surface area contributed by atoms with E-state index in [1.165, 1.54) is 11.3 Å². The van der Waals surface area contributed by atoms with Crippen molar-refractivity contribution in [1.29, 1.82) is 0 Å². The van der Waals surface area contributed by atoms with E-state index in [0.717, 1.165) is 0 Å². The molecule has 0 saturated carbocycles. The number of hydrogen-bond donors (Lipinski definition) is 2. The van der Waals surface area contributed by atoms with Gasteiger partial charge in [0.05, 0.1) is 6.54 Å². The molecular weight excluding hydrogens is 186 g/mol. The molecule has 1 aliphatic heterocycles. The van der Waals surface area contributed by atoms with Gasteiger partial charge in [-0.3, -0.25) is 9.56 Å². The fourth-order valence-corrected chi connectivity index (χ4v) is 0.733. The minimum Gasteiger partial charge on any atom is -0.270 e. The highest BCUT2D eigenvalue weighted by atomic mass is 32.3. The summed E-state index contributed by atoms with van der Waals surface area (Å²) in [5.74, 6) is 0. The van der Waals surface area contributed by atoms with Crippen molar-refractivity contribution in [3.63, 3.8) is 0 Å². The first-order chi connectivity index (χ1) is 5.58. The molecule has 8 heteroatoms. The van der Waals surface area contributed by atoms with Crippen LogP contribution in [0, 0.1) is 0 Å². The highest BCUT2D eigenvalue weighted by Gasteiger charge is 2.07. The standard InChI is InChI=1S/C4H7N3O4S/c8-12(9,10)11-6-7-3-1-2-5-4-7/h1-2,4,6H,3H2,(H,8,9,10). The summed E-state index contributed by atoms with van der Waals surface area (Å²) in [6.07, 6.45) is 4.52. The lowest BCUT2D eigenvalue weighted by Gasteiger charge is -2.17. The zero-order valence-electron chi connectivity index (χ0n) is 5.91. The number of hydrazine groups is 1. The smallest absolute Gasteiger partial charge is 0.270 e. The van der Waals surface area contributed by atoms with Crippen LogP contribution in [0.4, 0.5) is 0 Å². The van der Waals surface area contributed by atoms with Crippen LogP contribution in [0.5, 0.6) is 0 Å². The maximum Gasteiger partial charge on any atom is 0.415 e. The Bertz CT molecular complexity index is 295. The third-order valence-corrected chi connectivity index (χ3v) is 1.24. The Balaban J connectivity index is 2.34. The molecule has 0 aromatic rings. The molecule has 0 radical (unpaired) electrons. The zero-order valence-corrected chi connectivity index (χ0v) is 6.73. The molecule has 0 fully saturated rings. The average molecular weight is 193 g/mol. The van der Waals surface area contributed by atoms with Crippen molar-refractivity contribution >= 4 is 16.7 Å². The van der Waals surface area contributed by atoms with Gasteiger partial charge in [-0.05, 0) is 6.08 Å². The Hall–Kier alpha value is -0.960. The molecule has 1 rings (SSSR count). The van der Waals surface area contributed by atoms with Gasteiger partial charge in [0, 0.05) is 6.20 Å². The fraction of sp³-hybridized carbons (Fsp3) is 0.250. The molecule has 0 aliphatic carbocycles. The fourth-order valence-electron chi connectivity index (χ4n) is 0.543. The van der Waals surface area contributed by atoms with Gasteiger partial charge in [0.1, 0.15) is 6.34 Å². The molecule has 0 bridgehead atoms. The van der Waals surface area contributed by atoms with Crippen LogP contribution in [0.15, 0.2) is 17.3 Å². The number of rotatable bonds is 3. The third kappa shape index (κ3) is 3.44. The van der Waals surface area contributed by atoms with Crippen molar-refractivity contribution in [2.24, 2.45) is 4.99 Å². The van der Waals surface area contributed by atoms with E-state index < -0.39 is 10.4 Å². The third-order valence-electron chi connectivity index (χ3n) is 0.959. The molecule has 7 nitrogen and oxygen atoms in total. The lowest BCUT2D eigenvalue weighted by molar-refractivity contribution is 0.0614. The predicted octanol–water partition coefficient (Wildman–Crippen LogP) is -0.917. The van der Waals surface area contributed by atoms with Crippen molar-refractivity contribution in [2.75, 3.05) is 6.54 Å². The zero-order chi connectivity index (χ0) is 9.03. The van der Waals surface area contributed by atoms with E-state index in [9.17, 15) is 8.42 Å². The predicted molar refractivity (Wildman–Crippen MR) is 40.1 cm³/mol. The van der Waals surface area contributed by atoms with E-state index in [1.807, 2.05) is 5.59 Å². The monoisotopic (exact) mass is 193 g/mol. The first-order valence-corrected chi connectivity index (χ1v) is 4.31. The first-order valence-electron chi connectivity index (χ1n) is 2.94. The number of nitrogens with one attached hydrogen (secondary N) is 1. The van der Waals surface area contributed by atoms with Gasteiger partial charge >= 0.3 is 10.4 Å². The van der Waals surface area contributed by atoms with Gasteiger partial charge in [-0.15, -0.1) is 4.28 Å². The van der Waals surface area contributed by atoms with Crippen molar-refractivity contribution < 1.29 is 17.3 Å². The van der Waals surface area contributed by atoms with Crippen LogP contribution in [-0.2, 0) is 14.7 Å². The molecular formula is C4H7N3O4S. The van der Waals surface area contributed by atoms with Crippen molar-refractivity contribution in [2.45, 2.75) is 0 Å². The number of nitrogens with zero attached hydrogens (tertiary/aromatic N) is 2. The maximum atomic E-state index is 10.1. The summed E-state index contributed by atoms with van der Waals surface area (Å²) >= 11 is 0. The Morgan fingerprint density at radius 2 is 2.42 bits per heavy atom. The Morgan fingerprint density at radius 3 is 2.92 bits per heavy atom. The molecule has 0 aromatic carbocycles. The van der Waals surface area contributed by atoms with Gasteiger partial charge in [0.2, 0.25) is 0 Å². The molecule has 12 heavy (non-hydrogen) atoms. The molecule has 1 heterocycles.